The Bertz CT molecular complexity index is 882. The number of hydrogen-bond acceptors (Lipinski definition) is 5. The van der Waals surface area contributed by atoms with Gasteiger partial charge in [-0.2, -0.15) is 4.37 Å². The number of nitrogens with zero attached hydrogens (tertiary/aromatic N) is 4. The summed E-state index contributed by atoms with van der Waals surface area (Å²) >= 11 is 1.54. The Morgan fingerprint density at radius 2 is 1.54 bits per heavy atom. The molecule has 0 radical (unpaired) electrons. The monoisotopic (exact) mass is 362 g/mol. The second-order valence-corrected chi connectivity index (χ2v) is 7.68. The zero-order chi connectivity index (χ0) is 17.5. The van der Waals surface area contributed by atoms with Crippen molar-refractivity contribution in [2.75, 3.05) is 31.1 Å². The smallest absolute Gasteiger partial charge is 0.205 e. The first kappa shape index (κ1) is 16.0. The van der Waals surface area contributed by atoms with Gasteiger partial charge in [0.15, 0.2) is 0 Å². The molecule has 0 spiro atoms. The molecule has 0 unspecified atom stereocenters. The lowest BCUT2D eigenvalue weighted by Gasteiger charge is -2.38. The van der Waals surface area contributed by atoms with Crippen LogP contribution in [-0.4, -0.2) is 40.4 Å². The topological polar surface area (TPSA) is 32.3 Å². The van der Waals surface area contributed by atoms with Gasteiger partial charge >= 0.3 is 0 Å². The first-order valence-electron chi connectivity index (χ1n) is 9.35. The van der Waals surface area contributed by atoms with Gasteiger partial charge in [-0.15, -0.1) is 0 Å². The molecular weight excluding hydrogens is 340 g/mol. The molecule has 0 amide bonds. The molecule has 5 rings (SSSR count). The van der Waals surface area contributed by atoms with Crippen molar-refractivity contribution in [3.8, 4) is 11.1 Å². The van der Waals surface area contributed by atoms with Gasteiger partial charge in [0.25, 0.3) is 0 Å². The molecule has 1 aliphatic heterocycles. The van der Waals surface area contributed by atoms with Crippen molar-refractivity contribution < 1.29 is 0 Å². The van der Waals surface area contributed by atoms with Crippen molar-refractivity contribution in [2.24, 2.45) is 0 Å². The molecule has 26 heavy (non-hydrogen) atoms. The van der Waals surface area contributed by atoms with E-state index in [2.05, 4.69) is 74.6 Å². The minimum atomic E-state index is 0.380. The quantitative estimate of drug-likeness (QED) is 0.705. The van der Waals surface area contributed by atoms with Gasteiger partial charge in [0.2, 0.25) is 5.13 Å². The molecule has 132 valence electrons. The van der Waals surface area contributed by atoms with Gasteiger partial charge in [-0.25, -0.2) is 4.98 Å². The highest BCUT2D eigenvalue weighted by atomic mass is 32.1. The minimum absolute atomic E-state index is 0.380. The molecule has 0 bridgehead atoms. The van der Waals surface area contributed by atoms with E-state index in [0.29, 0.717) is 6.04 Å². The second-order valence-electron chi connectivity index (χ2n) is 6.95. The summed E-state index contributed by atoms with van der Waals surface area (Å²) in [6.45, 7) is 6.24. The largest absolute Gasteiger partial charge is 0.344 e. The van der Waals surface area contributed by atoms with Crippen LogP contribution in [0.15, 0.2) is 48.5 Å². The van der Waals surface area contributed by atoms with Gasteiger partial charge in [-0.05, 0) is 22.3 Å². The standard InChI is InChI=1S/C21H22N4S/c1-2-19-22-21(26-23-19)25-13-11-24(12-14-25)20-17-9-5-3-7-15(17)16-8-4-6-10-18(16)20/h3-10,20H,2,11-14H2,1H3. The normalized spacial score (nSPS) is 17.3. The van der Waals surface area contributed by atoms with Crippen LogP contribution in [0.25, 0.3) is 11.1 Å². The van der Waals surface area contributed by atoms with Gasteiger partial charge in [-0.1, -0.05) is 55.5 Å². The number of aromatic nitrogens is 2. The number of piperazine rings is 1. The van der Waals surface area contributed by atoms with Crippen LogP contribution in [0.5, 0.6) is 0 Å². The number of hydrogen-bond donors (Lipinski definition) is 0. The Hall–Kier alpha value is -2.24. The second kappa shape index (κ2) is 6.49. The van der Waals surface area contributed by atoms with Crippen LogP contribution in [0.1, 0.15) is 29.9 Å². The molecule has 5 heteroatoms. The van der Waals surface area contributed by atoms with Crippen LogP contribution in [0.4, 0.5) is 5.13 Å². The van der Waals surface area contributed by atoms with E-state index in [9.17, 15) is 0 Å². The maximum absolute atomic E-state index is 4.66. The van der Waals surface area contributed by atoms with Crippen molar-refractivity contribution in [1.29, 1.82) is 0 Å². The van der Waals surface area contributed by atoms with E-state index in [1.807, 2.05) is 0 Å². The number of rotatable bonds is 3. The summed E-state index contributed by atoms with van der Waals surface area (Å²) in [5, 5.41) is 1.08. The van der Waals surface area contributed by atoms with Gasteiger partial charge in [-0.3, -0.25) is 4.90 Å². The summed E-state index contributed by atoms with van der Waals surface area (Å²) in [4.78, 5) is 9.68. The Morgan fingerprint density at radius 1 is 0.923 bits per heavy atom. The van der Waals surface area contributed by atoms with Crippen LogP contribution >= 0.6 is 11.5 Å². The molecule has 1 fully saturated rings. The van der Waals surface area contributed by atoms with Crippen molar-refractivity contribution >= 4 is 16.7 Å². The minimum Gasteiger partial charge on any atom is -0.344 e. The van der Waals surface area contributed by atoms with Crippen molar-refractivity contribution in [2.45, 2.75) is 19.4 Å². The zero-order valence-electron chi connectivity index (χ0n) is 14.9. The highest BCUT2D eigenvalue weighted by molar-refractivity contribution is 7.09. The van der Waals surface area contributed by atoms with E-state index in [4.69, 9.17) is 0 Å². The Labute approximate surface area is 158 Å². The van der Waals surface area contributed by atoms with Crippen LogP contribution in [0.2, 0.25) is 0 Å². The van der Waals surface area contributed by atoms with Gasteiger partial charge in [0.05, 0.1) is 6.04 Å². The predicted molar refractivity (Wildman–Crippen MR) is 107 cm³/mol. The fourth-order valence-electron chi connectivity index (χ4n) is 4.21. The SMILES string of the molecule is CCc1nsc(N2CCN(C3c4ccccc4-c4ccccc43)CC2)n1. The van der Waals surface area contributed by atoms with Crippen LogP contribution in [0, 0.1) is 0 Å². The van der Waals surface area contributed by atoms with Crippen molar-refractivity contribution in [3.05, 3.63) is 65.5 Å². The van der Waals surface area contributed by atoms with E-state index in [-0.39, 0.29) is 0 Å². The molecule has 2 heterocycles. The summed E-state index contributed by atoms with van der Waals surface area (Å²) in [6, 6.07) is 18.1. The Kier molecular flexibility index (Phi) is 3.98. The average Bonchev–Trinajstić information content (AvgIpc) is 3.31. The molecule has 1 saturated heterocycles. The van der Waals surface area contributed by atoms with Crippen LogP contribution in [0.3, 0.4) is 0 Å². The first-order chi connectivity index (χ1) is 12.8. The summed E-state index contributed by atoms with van der Waals surface area (Å²) < 4.78 is 4.44. The zero-order valence-corrected chi connectivity index (χ0v) is 15.7. The van der Waals surface area contributed by atoms with E-state index >= 15 is 0 Å². The van der Waals surface area contributed by atoms with Gasteiger partial charge in [0, 0.05) is 44.1 Å². The highest BCUT2D eigenvalue weighted by Crippen LogP contribution is 2.46. The molecule has 2 aliphatic rings. The molecule has 3 aromatic rings. The number of aryl methyl sites for hydroxylation is 1. The van der Waals surface area contributed by atoms with Crippen molar-refractivity contribution in [1.82, 2.24) is 14.3 Å². The lowest BCUT2D eigenvalue weighted by Crippen LogP contribution is -2.47. The lowest BCUT2D eigenvalue weighted by molar-refractivity contribution is 0.215. The van der Waals surface area contributed by atoms with E-state index in [1.54, 1.807) is 0 Å². The molecule has 1 aromatic heterocycles. The highest BCUT2D eigenvalue weighted by Gasteiger charge is 2.34. The predicted octanol–water partition coefficient (Wildman–Crippen LogP) is 3.99. The maximum atomic E-state index is 4.66. The van der Waals surface area contributed by atoms with Gasteiger partial charge < -0.3 is 4.90 Å². The lowest BCUT2D eigenvalue weighted by atomic mass is 10.0. The van der Waals surface area contributed by atoms with E-state index in [1.165, 1.54) is 33.8 Å². The first-order valence-corrected chi connectivity index (χ1v) is 10.1. The molecule has 0 atom stereocenters. The van der Waals surface area contributed by atoms with Crippen molar-refractivity contribution in [3.63, 3.8) is 0 Å². The van der Waals surface area contributed by atoms with Gasteiger partial charge in [0.1, 0.15) is 5.82 Å². The molecule has 4 nitrogen and oxygen atoms in total. The summed E-state index contributed by atoms with van der Waals surface area (Å²) in [7, 11) is 0. The van der Waals surface area contributed by atoms with Crippen LogP contribution in [-0.2, 0) is 6.42 Å². The molecular formula is C21H22N4S. The maximum Gasteiger partial charge on any atom is 0.205 e. The number of fused-ring (bicyclic) bond motifs is 3. The third kappa shape index (κ3) is 2.54. The summed E-state index contributed by atoms with van der Waals surface area (Å²) in [6.07, 6.45) is 0.909. The fourth-order valence-corrected chi connectivity index (χ4v) is 5.01. The van der Waals surface area contributed by atoms with E-state index in [0.717, 1.165) is 43.6 Å². The third-order valence-corrected chi connectivity index (χ3v) is 6.34. The number of benzene rings is 2. The molecule has 2 aromatic carbocycles. The third-order valence-electron chi connectivity index (χ3n) is 5.52. The molecule has 0 N–H and O–H groups in total. The summed E-state index contributed by atoms with van der Waals surface area (Å²) in [5.74, 6) is 0.964. The Morgan fingerprint density at radius 3 is 2.12 bits per heavy atom. The average molecular weight is 363 g/mol. The Balaban J connectivity index is 1.40. The fraction of sp³-hybridized carbons (Fsp3) is 0.333. The summed E-state index contributed by atoms with van der Waals surface area (Å²) in [5.41, 5.74) is 5.69. The molecule has 0 saturated carbocycles. The molecule has 1 aliphatic carbocycles. The number of anilines is 1. The van der Waals surface area contributed by atoms with Crippen LogP contribution < -0.4 is 4.90 Å². The van der Waals surface area contributed by atoms with E-state index < -0.39 is 0 Å².